The molecule has 0 amide bonds. The van der Waals surface area contributed by atoms with Gasteiger partial charge in [-0.2, -0.15) is 5.26 Å². The van der Waals surface area contributed by atoms with Crippen LogP contribution in [0.4, 0.5) is 5.69 Å². The Morgan fingerprint density at radius 2 is 1.72 bits per heavy atom. The summed E-state index contributed by atoms with van der Waals surface area (Å²) in [5.41, 5.74) is 2.63. The molecule has 2 aromatic carbocycles. The maximum absolute atomic E-state index is 8.76. The Bertz CT molecular complexity index is 529. The van der Waals surface area contributed by atoms with E-state index >= 15 is 0 Å². The molecule has 0 radical (unpaired) electrons. The number of rotatable bonds is 4. The molecule has 3 nitrogen and oxygen atoms in total. The Morgan fingerprint density at radius 3 is 2.28 bits per heavy atom. The summed E-state index contributed by atoms with van der Waals surface area (Å²) in [6.07, 6.45) is -0.222. The van der Waals surface area contributed by atoms with Gasteiger partial charge in [0.15, 0.2) is 6.23 Å². The fourth-order valence-corrected chi connectivity index (χ4v) is 1.70. The standard InChI is InChI=1S/C15H14N2O/c1-18-15(17-14-5-3-2-4-6-14)13-9-7-12(11-16)8-10-13/h2-10,15,17H,1H3. The highest BCUT2D eigenvalue weighted by Gasteiger charge is 2.09. The van der Waals surface area contributed by atoms with E-state index in [9.17, 15) is 0 Å². The normalized spacial score (nSPS) is 11.6. The van der Waals surface area contributed by atoms with Crippen LogP contribution in [-0.2, 0) is 4.74 Å². The summed E-state index contributed by atoms with van der Waals surface area (Å²) in [5.74, 6) is 0. The van der Waals surface area contributed by atoms with Gasteiger partial charge in [0, 0.05) is 18.4 Å². The Morgan fingerprint density at radius 1 is 1.06 bits per heavy atom. The third-order valence-corrected chi connectivity index (χ3v) is 2.65. The van der Waals surface area contributed by atoms with Crippen molar-refractivity contribution in [1.29, 1.82) is 5.26 Å². The first-order valence-electron chi connectivity index (χ1n) is 5.68. The summed E-state index contributed by atoms with van der Waals surface area (Å²) in [6, 6.07) is 19.3. The minimum absolute atomic E-state index is 0.222. The lowest BCUT2D eigenvalue weighted by molar-refractivity contribution is 0.127. The van der Waals surface area contributed by atoms with Gasteiger partial charge in [0.1, 0.15) is 0 Å². The number of para-hydroxylation sites is 1. The summed E-state index contributed by atoms with van der Waals surface area (Å²) in [6.45, 7) is 0. The Hall–Kier alpha value is -2.31. The van der Waals surface area contributed by atoms with Crippen LogP contribution >= 0.6 is 0 Å². The Labute approximate surface area is 107 Å². The van der Waals surface area contributed by atoms with Gasteiger partial charge in [-0.05, 0) is 24.3 Å². The fourth-order valence-electron chi connectivity index (χ4n) is 1.70. The highest BCUT2D eigenvalue weighted by Crippen LogP contribution is 2.20. The van der Waals surface area contributed by atoms with Gasteiger partial charge in [-0.1, -0.05) is 30.3 Å². The molecule has 18 heavy (non-hydrogen) atoms. The molecule has 0 saturated carbocycles. The van der Waals surface area contributed by atoms with E-state index < -0.39 is 0 Å². The number of anilines is 1. The topological polar surface area (TPSA) is 45.0 Å². The molecule has 1 atom stereocenters. The molecule has 0 spiro atoms. The Balaban J connectivity index is 2.15. The first-order chi connectivity index (χ1) is 8.83. The SMILES string of the molecule is COC(Nc1ccccc1)c1ccc(C#N)cc1. The quantitative estimate of drug-likeness (QED) is 0.831. The largest absolute Gasteiger partial charge is 0.357 e. The zero-order valence-corrected chi connectivity index (χ0v) is 10.1. The van der Waals surface area contributed by atoms with Crippen LogP contribution in [0.3, 0.4) is 0 Å². The minimum atomic E-state index is -0.222. The lowest BCUT2D eigenvalue weighted by atomic mass is 10.1. The average Bonchev–Trinajstić information content (AvgIpc) is 2.46. The van der Waals surface area contributed by atoms with Crippen LogP contribution < -0.4 is 5.32 Å². The molecular weight excluding hydrogens is 224 g/mol. The molecule has 0 aliphatic carbocycles. The second-order valence-electron chi connectivity index (χ2n) is 3.86. The number of nitrogens with zero attached hydrogens (tertiary/aromatic N) is 1. The lowest BCUT2D eigenvalue weighted by Gasteiger charge is -2.18. The number of benzene rings is 2. The first-order valence-corrected chi connectivity index (χ1v) is 5.68. The number of nitrogens with one attached hydrogen (secondary N) is 1. The van der Waals surface area contributed by atoms with Gasteiger partial charge >= 0.3 is 0 Å². The van der Waals surface area contributed by atoms with Gasteiger partial charge in [-0.3, -0.25) is 0 Å². The van der Waals surface area contributed by atoms with Crippen LogP contribution in [0.25, 0.3) is 0 Å². The molecule has 0 bridgehead atoms. The molecule has 0 fully saturated rings. The van der Waals surface area contributed by atoms with E-state index in [0.29, 0.717) is 5.56 Å². The van der Waals surface area contributed by atoms with Crippen molar-refractivity contribution in [2.45, 2.75) is 6.23 Å². The zero-order chi connectivity index (χ0) is 12.8. The van der Waals surface area contributed by atoms with Crippen molar-refractivity contribution in [3.8, 4) is 6.07 Å². The Kier molecular flexibility index (Phi) is 3.95. The van der Waals surface area contributed by atoms with Crippen molar-refractivity contribution in [2.75, 3.05) is 12.4 Å². The van der Waals surface area contributed by atoms with E-state index in [2.05, 4.69) is 11.4 Å². The van der Waals surface area contributed by atoms with Crippen LogP contribution in [-0.4, -0.2) is 7.11 Å². The van der Waals surface area contributed by atoms with E-state index in [1.165, 1.54) is 0 Å². The highest BCUT2D eigenvalue weighted by molar-refractivity contribution is 5.45. The molecule has 0 saturated heterocycles. The van der Waals surface area contributed by atoms with Gasteiger partial charge in [0.2, 0.25) is 0 Å². The van der Waals surface area contributed by atoms with E-state index in [1.54, 1.807) is 19.2 Å². The van der Waals surface area contributed by atoms with Crippen LogP contribution in [0.2, 0.25) is 0 Å². The minimum Gasteiger partial charge on any atom is -0.357 e. The second-order valence-corrected chi connectivity index (χ2v) is 3.86. The maximum Gasteiger partial charge on any atom is 0.153 e. The molecule has 0 heterocycles. The molecule has 0 aliphatic rings. The van der Waals surface area contributed by atoms with Gasteiger partial charge < -0.3 is 10.1 Å². The van der Waals surface area contributed by atoms with Crippen LogP contribution in [0, 0.1) is 11.3 Å². The first kappa shape index (κ1) is 12.2. The maximum atomic E-state index is 8.76. The highest BCUT2D eigenvalue weighted by atomic mass is 16.5. The van der Waals surface area contributed by atoms with Gasteiger partial charge in [0.25, 0.3) is 0 Å². The molecule has 1 N–H and O–H groups in total. The summed E-state index contributed by atoms with van der Waals surface area (Å²) in [4.78, 5) is 0. The summed E-state index contributed by atoms with van der Waals surface area (Å²) in [5, 5.41) is 12.0. The summed E-state index contributed by atoms with van der Waals surface area (Å²) in [7, 11) is 1.65. The molecular formula is C15H14N2O. The molecule has 0 aliphatic heterocycles. The second kappa shape index (κ2) is 5.85. The summed E-state index contributed by atoms with van der Waals surface area (Å²) >= 11 is 0. The van der Waals surface area contributed by atoms with Crippen molar-refractivity contribution < 1.29 is 4.74 Å². The zero-order valence-electron chi connectivity index (χ0n) is 10.1. The van der Waals surface area contributed by atoms with E-state index in [0.717, 1.165) is 11.3 Å². The van der Waals surface area contributed by atoms with Crippen molar-refractivity contribution >= 4 is 5.69 Å². The van der Waals surface area contributed by atoms with E-state index in [4.69, 9.17) is 10.00 Å². The fraction of sp³-hybridized carbons (Fsp3) is 0.133. The van der Waals surface area contributed by atoms with Crippen molar-refractivity contribution in [3.63, 3.8) is 0 Å². The smallest absolute Gasteiger partial charge is 0.153 e. The molecule has 90 valence electrons. The van der Waals surface area contributed by atoms with Crippen LogP contribution in [0.1, 0.15) is 17.4 Å². The monoisotopic (exact) mass is 238 g/mol. The molecule has 0 aromatic heterocycles. The molecule has 1 unspecified atom stereocenters. The van der Waals surface area contributed by atoms with Crippen molar-refractivity contribution in [3.05, 3.63) is 65.7 Å². The molecule has 2 aromatic rings. The van der Waals surface area contributed by atoms with Crippen LogP contribution in [0.15, 0.2) is 54.6 Å². The van der Waals surface area contributed by atoms with Gasteiger partial charge in [0.05, 0.1) is 11.6 Å². The predicted molar refractivity (Wildman–Crippen MR) is 71.0 cm³/mol. The van der Waals surface area contributed by atoms with Crippen molar-refractivity contribution in [2.24, 2.45) is 0 Å². The van der Waals surface area contributed by atoms with Gasteiger partial charge in [-0.25, -0.2) is 0 Å². The number of methoxy groups -OCH3 is 1. The van der Waals surface area contributed by atoms with E-state index in [1.807, 2.05) is 42.5 Å². The third-order valence-electron chi connectivity index (χ3n) is 2.65. The molecule has 2 rings (SSSR count). The average molecular weight is 238 g/mol. The van der Waals surface area contributed by atoms with Gasteiger partial charge in [-0.15, -0.1) is 0 Å². The lowest BCUT2D eigenvalue weighted by Crippen LogP contribution is -2.12. The van der Waals surface area contributed by atoms with Crippen molar-refractivity contribution in [1.82, 2.24) is 0 Å². The number of hydrogen-bond acceptors (Lipinski definition) is 3. The number of ether oxygens (including phenoxy) is 1. The van der Waals surface area contributed by atoms with E-state index in [-0.39, 0.29) is 6.23 Å². The number of nitriles is 1. The summed E-state index contributed by atoms with van der Waals surface area (Å²) < 4.78 is 5.42. The predicted octanol–water partition coefficient (Wildman–Crippen LogP) is 3.32. The third kappa shape index (κ3) is 2.88. The van der Waals surface area contributed by atoms with Crippen LogP contribution in [0.5, 0.6) is 0 Å². The number of hydrogen-bond donors (Lipinski definition) is 1. The molecule has 3 heteroatoms.